The molecular formula is C11H21N. The van der Waals surface area contributed by atoms with Crippen molar-refractivity contribution < 1.29 is 0 Å². The minimum atomic E-state index is 1.05. The van der Waals surface area contributed by atoms with Crippen LogP contribution in [0.25, 0.3) is 0 Å². The third-order valence-electron chi connectivity index (χ3n) is 1.62. The monoisotopic (exact) mass is 167 g/mol. The topological polar surface area (TPSA) is 3.24 Å². The molecule has 0 saturated heterocycles. The lowest BCUT2D eigenvalue weighted by Gasteiger charge is -2.11. The van der Waals surface area contributed by atoms with Crippen LogP contribution in [0.15, 0.2) is 23.3 Å². The Labute approximate surface area is 76.8 Å². The highest BCUT2D eigenvalue weighted by Crippen LogP contribution is 1.93. The third-order valence-corrected chi connectivity index (χ3v) is 1.62. The maximum Gasteiger partial charge on any atom is 0.0165 e. The molecule has 0 aliphatic heterocycles. The van der Waals surface area contributed by atoms with Crippen LogP contribution in [-0.4, -0.2) is 25.0 Å². The molecule has 0 unspecified atom stereocenters. The Morgan fingerprint density at radius 2 is 1.25 bits per heavy atom. The molecule has 12 heavy (non-hydrogen) atoms. The van der Waals surface area contributed by atoms with Crippen molar-refractivity contribution in [3.63, 3.8) is 0 Å². The summed E-state index contributed by atoms with van der Waals surface area (Å²) in [4.78, 5) is 2.29. The summed E-state index contributed by atoms with van der Waals surface area (Å²) in [5.41, 5.74) is 2.78. The highest BCUT2D eigenvalue weighted by atomic mass is 15.1. The van der Waals surface area contributed by atoms with Gasteiger partial charge in [0.15, 0.2) is 0 Å². The van der Waals surface area contributed by atoms with E-state index in [9.17, 15) is 0 Å². The summed E-state index contributed by atoms with van der Waals surface area (Å²) in [6.07, 6.45) is 4.50. The van der Waals surface area contributed by atoms with Crippen LogP contribution in [0, 0.1) is 0 Å². The van der Waals surface area contributed by atoms with E-state index < -0.39 is 0 Å². The van der Waals surface area contributed by atoms with Gasteiger partial charge in [-0.1, -0.05) is 23.3 Å². The molecule has 0 bridgehead atoms. The second-order valence-electron chi connectivity index (χ2n) is 3.78. The summed E-state index contributed by atoms with van der Waals surface area (Å²) < 4.78 is 0. The van der Waals surface area contributed by atoms with Gasteiger partial charge in [0, 0.05) is 13.1 Å². The van der Waals surface area contributed by atoms with E-state index in [1.165, 1.54) is 11.1 Å². The highest BCUT2D eigenvalue weighted by Gasteiger charge is 1.91. The zero-order valence-corrected chi connectivity index (χ0v) is 9.02. The molecule has 0 amide bonds. The van der Waals surface area contributed by atoms with E-state index in [0.717, 1.165) is 13.1 Å². The summed E-state index contributed by atoms with van der Waals surface area (Å²) in [5.74, 6) is 0. The number of hydrogen-bond acceptors (Lipinski definition) is 1. The van der Waals surface area contributed by atoms with Crippen molar-refractivity contribution in [3.05, 3.63) is 23.3 Å². The predicted molar refractivity (Wildman–Crippen MR) is 56.4 cm³/mol. The molecule has 0 aromatic rings. The van der Waals surface area contributed by atoms with Crippen molar-refractivity contribution in [2.45, 2.75) is 27.7 Å². The Morgan fingerprint density at radius 1 is 0.917 bits per heavy atom. The summed E-state index contributed by atoms with van der Waals surface area (Å²) in [7, 11) is 2.14. The van der Waals surface area contributed by atoms with Crippen LogP contribution in [-0.2, 0) is 0 Å². The Bertz CT molecular complexity index is 149. The predicted octanol–water partition coefficient (Wildman–Crippen LogP) is 2.85. The van der Waals surface area contributed by atoms with E-state index in [4.69, 9.17) is 0 Å². The van der Waals surface area contributed by atoms with Crippen LogP contribution in [0.4, 0.5) is 0 Å². The summed E-state index contributed by atoms with van der Waals surface area (Å²) in [5, 5.41) is 0. The number of rotatable bonds is 4. The second kappa shape index (κ2) is 6.01. The van der Waals surface area contributed by atoms with Crippen molar-refractivity contribution >= 4 is 0 Å². The lowest BCUT2D eigenvalue weighted by atomic mass is 10.3. The van der Waals surface area contributed by atoms with Crippen LogP contribution in [0.1, 0.15) is 27.7 Å². The van der Waals surface area contributed by atoms with E-state index in [2.05, 4.69) is 51.8 Å². The summed E-state index contributed by atoms with van der Waals surface area (Å²) in [6.45, 7) is 10.6. The largest absolute Gasteiger partial charge is 0.299 e. The fraction of sp³-hybridized carbons (Fsp3) is 0.636. The van der Waals surface area contributed by atoms with E-state index in [1.807, 2.05) is 0 Å². The first-order valence-corrected chi connectivity index (χ1v) is 4.47. The normalized spacial score (nSPS) is 9.83. The van der Waals surface area contributed by atoms with Gasteiger partial charge >= 0.3 is 0 Å². The standard InChI is InChI=1S/C11H21N/c1-10(2)6-8-12(5)9-7-11(3)4/h6-7H,8-9H2,1-5H3. The molecule has 1 nitrogen and oxygen atoms in total. The number of allylic oxidation sites excluding steroid dienone is 2. The second-order valence-corrected chi connectivity index (χ2v) is 3.78. The van der Waals surface area contributed by atoms with Crippen LogP contribution in [0.3, 0.4) is 0 Å². The first-order valence-electron chi connectivity index (χ1n) is 4.47. The Kier molecular flexibility index (Phi) is 5.73. The van der Waals surface area contributed by atoms with Gasteiger partial charge in [-0.2, -0.15) is 0 Å². The molecule has 0 aromatic heterocycles. The van der Waals surface area contributed by atoms with Gasteiger partial charge in [-0.3, -0.25) is 4.90 Å². The van der Waals surface area contributed by atoms with E-state index in [-0.39, 0.29) is 0 Å². The highest BCUT2D eigenvalue weighted by molar-refractivity contribution is 4.98. The molecule has 0 heterocycles. The van der Waals surface area contributed by atoms with Crippen LogP contribution in [0.2, 0.25) is 0 Å². The van der Waals surface area contributed by atoms with Crippen molar-refractivity contribution in [1.82, 2.24) is 4.90 Å². The molecular weight excluding hydrogens is 146 g/mol. The smallest absolute Gasteiger partial charge is 0.0165 e. The Hall–Kier alpha value is -0.560. The van der Waals surface area contributed by atoms with Crippen LogP contribution < -0.4 is 0 Å². The fourth-order valence-corrected chi connectivity index (χ4v) is 0.751. The average Bonchev–Trinajstić information content (AvgIpc) is 1.96. The lowest BCUT2D eigenvalue weighted by Crippen LogP contribution is -2.18. The molecule has 0 N–H and O–H groups in total. The minimum Gasteiger partial charge on any atom is -0.299 e. The van der Waals surface area contributed by atoms with E-state index in [1.54, 1.807) is 0 Å². The van der Waals surface area contributed by atoms with Gasteiger partial charge in [-0.25, -0.2) is 0 Å². The molecule has 0 saturated carbocycles. The molecule has 0 aromatic carbocycles. The van der Waals surface area contributed by atoms with E-state index >= 15 is 0 Å². The molecule has 0 rings (SSSR count). The Balaban J connectivity index is 3.68. The number of nitrogens with zero attached hydrogens (tertiary/aromatic N) is 1. The molecule has 70 valence electrons. The van der Waals surface area contributed by atoms with Gasteiger partial charge in [-0.15, -0.1) is 0 Å². The van der Waals surface area contributed by atoms with Gasteiger partial charge in [-0.05, 0) is 34.7 Å². The molecule has 0 aliphatic rings. The summed E-state index contributed by atoms with van der Waals surface area (Å²) in [6, 6.07) is 0. The maximum atomic E-state index is 2.29. The molecule has 0 radical (unpaired) electrons. The SMILES string of the molecule is CC(C)=CCN(C)CC=C(C)C. The first-order chi connectivity index (χ1) is 5.52. The van der Waals surface area contributed by atoms with Crippen molar-refractivity contribution in [2.24, 2.45) is 0 Å². The average molecular weight is 167 g/mol. The number of likely N-dealkylation sites (N-methyl/N-ethyl adjacent to an activating group) is 1. The van der Waals surface area contributed by atoms with Crippen molar-refractivity contribution in [2.75, 3.05) is 20.1 Å². The van der Waals surface area contributed by atoms with Gasteiger partial charge in [0.1, 0.15) is 0 Å². The lowest BCUT2D eigenvalue weighted by molar-refractivity contribution is 0.411. The van der Waals surface area contributed by atoms with Crippen LogP contribution >= 0.6 is 0 Å². The van der Waals surface area contributed by atoms with E-state index in [0.29, 0.717) is 0 Å². The fourth-order valence-electron chi connectivity index (χ4n) is 0.751. The van der Waals surface area contributed by atoms with Gasteiger partial charge < -0.3 is 0 Å². The number of hydrogen-bond donors (Lipinski definition) is 0. The van der Waals surface area contributed by atoms with Gasteiger partial charge in [0.2, 0.25) is 0 Å². The van der Waals surface area contributed by atoms with Crippen molar-refractivity contribution in [3.8, 4) is 0 Å². The molecule has 0 fully saturated rings. The maximum absolute atomic E-state index is 2.29. The third kappa shape index (κ3) is 7.55. The van der Waals surface area contributed by atoms with Gasteiger partial charge in [0.25, 0.3) is 0 Å². The molecule has 0 spiro atoms. The minimum absolute atomic E-state index is 1.05. The van der Waals surface area contributed by atoms with Crippen molar-refractivity contribution in [1.29, 1.82) is 0 Å². The molecule has 1 heteroatoms. The Morgan fingerprint density at radius 3 is 1.50 bits per heavy atom. The molecule has 0 aliphatic carbocycles. The molecule has 0 atom stereocenters. The zero-order chi connectivity index (χ0) is 9.56. The van der Waals surface area contributed by atoms with Crippen LogP contribution in [0.5, 0.6) is 0 Å². The van der Waals surface area contributed by atoms with Gasteiger partial charge in [0.05, 0.1) is 0 Å². The zero-order valence-electron chi connectivity index (χ0n) is 9.02. The quantitative estimate of drug-likeness (QED) is 0.582. The first kappa shape index (κ1) is 11.4. The summed E-state index contributed by atoms with van der Waals surface area (Å²) >= 11 is 0.